The second-order valence-corrected chi connectivity index (χ2v) is 2.89. The lowest BCUT2D eigenvalue weighted by molar-refractivity contribution is 1.19. The smallest absolute Gasteiger partial charge is 0.0506 e. The Bertz CT molecular complexity index is 295. The van der Waals surface area contributed by atoms with Gasteiger partial charge in [0.2, 0.25) is 0 Å². The molecule has 3 heteroatoms. The van der Waals surface area contributed by atoms with Gasteiger partial charge in [-0.15, -0.1) is 0 Å². The topological polar surface area (TPSA) is 38.9 Å². The van der Waals surface area contributed by atoms with Crippen molar-refractivity contribution in [3.05, 3.63) is 29.6 Å². The molecule has 0 unspecified atom stereocenters. The maximum Gasteiger partial charge on any atom is 0.0506 e. The highest BCUT2D eigenvalue weighted by atomic mass is 32.1. The first-order chi connectivity index (χ1) is 5.74. The number of aromatic nitrogens is 1. The van der Waals surface area contributed by atoms with Gasteiger partial charge in [-0.1, -0.05) is 12.2 Å². The second-order valence-electron chi connectivity index (χ2n) is 2.53. The van der Waals surface area contributed by atoms with Gasteiger partial charge >= 0.3 is 0 Å². The third-order valence-electron chi connectivity index (χ3n) is 1.55. The molecule has 2 nitrogen and oxygen atoms in total. The molecule has 64 valence electrons. The normalized spacial score (nSPS) is 10.8. The van der Waals surface area contributed by atoms with Crippen molar-refractivity contribution in [3.63, 3.8) is 0 Å². The molecule has 1 aromatic rings. The van der Waals surface area contributed by atoms with E-state index in [2.05, 4.69) is 17.6 Å². The lowest BCUT2D eigenvalue weighted by Gasteiger charge is -1.99. The monoisotopic (exact) mass is 180 g/mol. The van der Waals surface area contributed by atoms with Crippen LogP contribution in [0.25, 0.3) is 6.08 Å². The molecule has 0 atom stereocenters. The van der Waals surface area contributed by atoms with Crippen LogP contribution in [-0.2, 0) is 0 Å². The first-order valence-electron chi connectivity index (χ1n) is 3.73. The Labute approximate surface area is 77.9 Å². The van der Waals surface area contributed by atoms with E-state index in [1.807, 2.05) is 25.1 Å². The zero-order valence-electron chi connectivity index (χ0n) is 6.99. The number of rotatable bonds is 2. The summed E-state index contributed by atoms with van der Waals surface area (Å²) in [6.07, 6.45) is 5.60. The van der Waals surface area contributed by atoms with Crippen molar-refractivity contribution in [3.8, 4) is 0 Å². The van der Waals surface area contributed by atoms with Gasteiger partial charge in [0.1, 0.15) is 0 Å². The first-order valence-corrected chi connectivity index (χ1v) is 4.37. The minimum absolute atomic E-state index is 0.694. The molecule has 1 heterocycles. The molecular formula is C9H12N2S. The number of nitrogens with zero attached hydrogens (tertiary/aromatic N) is 1. The van der Waals surface area contributed by atoms with Gasteiger partial charge in [0.15, 0.2) is 0 Å². The Hall–Kier alpha value is -0.960. The molecule has 0 saturated heterocycles. The molecule has 0 amide bonds. The molecule has 12 heavy (non-hydrogen) atoms. The van der Waals surface area contributed by atoms with Crippen LogP contribution in [0.4, 0.5) is 5.69 Å². The Morgan fingerprint density at radius 1 is 1.67 bits per heavy atom. The van der Waals surface area contributed by atoms with Crippen molar-refractivity contribution in [2.75, 3.05) is 11.5 Å². The van der Waals surface area contributed by atoms with Crippen LogP contribution in [0, 0.1) is 6.92 Å². The highest BCUT2D eigenvalue weighted by molar-refractivity contribution is 7.80. The molecular weight excluding hydrogens is 168 g/mol. The summed E-state index contributed by atoms with van der Waals surface area (Å²) in [5, 5.41) is 0. The minimum atomic E-state index is 0.694. The summed E-state index contributed by atoms with van der Waals surface area (Å²) in [4.78, 5) is 4.13. The highest BCUT2D eigenvalue weighted by Crippen LogP contribution is 2.10. The van der Waals surface area contributed by atoms with Gasteiger partial charge in [-0.25, -0.2) is 0 Å². The molecule has 0 aliphatic carbocycles. The highest BCUT2D eigenvalue weighted by Gasteiger charge is 1.94. The van der Waals surface area contributed by atoms with Crippen LogP contribution in [0.3, 0.4) is 0 Å². The van der Waals surface area contributed by atoms with Crippen LogP contribution in [0.1, 0.15) is 11.3 Å². The quantitative estimate of drug-likeness (QED) is 0.682. The van der Waals surface area contributed by atoms with Crippen LogP contribution >= 0.6 is 12.6 Å². The SMILES string of the molecule is Cc1ncc(N)cc1C=CCS. The minimum Gasteiger partial charge on any atom is -0.397 e. The number of aryl methyl sites for hydroxylation is 1. The van der Waals surface area contributed by atoms with Crippen LogP contribution in [-0.4, -0.2) is 10.7 Å². The van der Waals surface area contributed by atoms with Gasteiger partial charge < -0.3 is 5.73 Å². The maximum atomic E-state index is 5.58. The summed E-state index contributed by atoms with van der Waals surface area (Å²) in [6.45, 7) is 1.96. The molecule has 0 saturated carbocycles. The molecule has 0 radical (unpaired) electrons. The van der Waals surface area contributed by atoms with E-state index >= 15 is 0 Å². The molecule has 1 rings (SSSR count). The van der Waals surface area contributed by atoms with Crippen molar-refractivity contribution >= 4 is 24.4 Å². The fourth-order valence-corrected chi connectivity index (χ4v) is 1.02. The van der Waals surface area contributed by atoms with Crippen molar-refractivity contribution in [1.82, 2.24) is 4.98 Å². The maximum absolute atomic E-state index is 5.58. The number of nitrogen functional groups attached to an aromatic ring is 1. The zero-order valence-corrected chi connectivity index (χ0v) is 7.88. The summed E-state index contributed by atoms with van der Waals surface area (Å²) >= 11 is 4.07. The van der Waals surface area contributed by atoms with Crippen LogP contribution in [0.2, 0.25) is 0 Å². The molecule has 0 aliphatic heterocycles. The lowest BCUT2D eigenvalue weighted by atomic mass is 10.2. The van der Waals surface area contributed by atoms with E-state index in [4.69, 9.17) is 5.73 Å². The van der Waals surface area contributed by atoms with Gasteiger partial charge in [-0.3, -0.25) is 4.98 Å². The predicted octanol–water partition coefficient (Wildman–Crippen LogP) is 1.92. The van der Waals surface area contributed by atoms with Gasteiger partial charge in [-0.2, -0.15) is 12.6 Å². The van der Waals surface area contributed by atoms with Crippen molar-refractivity contribution in [2.45, 2.75) is 6.92 Å². The van der Waals surface area contributed by atoms with E-state index in [9.17, 15) is 0 Å². The number of thiol groups is 1. The Balaban J connectivity index is 2.97. The van der Waals surface area contributed by atoms with Crippen molar-refractivity contribution < 1.29 is 0 Å². The Morgan fingerprint density at radius 3 is 3.08 bits per heavy atom. The van der Waals surface area contributed by atoms with E-state index in [0.717, 1.165) is 17.0 Å². The van der Waals surface area contributed by atoms with E-state index in [0.29, 0.717) is 5.69 Å². The summed E-state index contributed by atoms with van der Waals surface area (Å²) in [5.41, 5.74) is 8.33. The third-order valence-corrected chi connectivity index (χ3v) is 1.76. The number of anilines is 1. The number of pyridine rings is 1. The standard InChI is InChI=1S/C9H12N2S/c1-7-8(3-2-4-12)5-9(10)6-11-7/h2-3,5-6,12H,4,10H2,1H3. The summed E-state index contributed by atoms with van der Waals surface area (Å²) in [6, 6.07) is 1.91. The molecule has 0 aliphatic rings. The van der Waals surface area contributed by atoms with Gasteiger partial charge in [0.25, 0.3) is 0 Å². The molecule has 0 spiro atoms. The van der Waals surface area contributed by atoms with Gasteiger partial charge in [0, 0.05) is 11.4 Å². The summed E-state index contributed by atoms with van der Waals surface area (Å²) in [5.74, 6) is 0.730. The first kappa shape index (κ1) is 9.13. The summed E-state index contributed by atoms with van der Waals surface area (Å²) in [7, 11) is 0. The molecule has 2 N–H and O–H groups in total. The zero-order chi connectivity index (χ0) is 8.97. The molecule has 0 aromatic carbocycles. The number of hydrogen-bond donors (Lipinski definition) is 2. The van der Waals surface area contributed by atoms with Crippen molar-refractivity contribution in [1.29, 1.82) is 0 Å². The molecule has 1 aromatic heterocycles. The van der Waals surface area contributed by atoms with Gasteiger partial charge in [0.05, 0.1) is 11.9 Å². The summed E-state index contributed by atoms with van der Waals surface area (Å²) < 4.78 is 0. The largest absolute Gasteiger partial charge is 0.397 e. The number of hydrogen-bond acceptors (Lipinski definition) is 3. The Kier molecular flexibility index (Phi) is 3.17. The van der Waals surface area contributed by atoms with Crippen LogP contribution in [0.15, 0.2) is 18.3 Å². The van der Waals surface area contributed by atoms with Crippen molar-refractivity contribution in [2.24, 2.45) is 0 Å². The number of nitrogens with two attached hydrogens (primary N) is 1. The fraction of sp³-hybridized carbons (Fsp3) is 0.222. The van der Waals surface area contributed by atoms with E-state index in [-0.39, 0.29) is 0 Å². The third kappa shape index (κ3) is 2.27. The fourth-order valence-electron chi connectivity index (χ4n) is 0.916. The second kappa shape index (κ2) is 4.16. The lowest BCUT2D eigenvalue weighted by Crippen LogP contribution is -1.91. The predicted molar refractivity (Wildman–Crippen MR) is 56.3 cm³/mol. The van der Waals surface area contributed by atoms with E-state index in [1.165, 1.54) is 0 Å². The van der Waals surface area contributed by atoms with Crippen LogP contribution < -0.4 is 5.73 Å². The van der Waals surface area contributed by atoms with E-state index < -0.39 is 0 Å². The molecule has 0 fully saturated rings. The van der Waals surface area contributed by atoms with Gasteiger partial charge in [-0.05, 0) is 18.6 Å². The average molecular weight is 180 g/mol. The average Bonchev–Trinajstić information content (AvgIpc) is 2.07. The Morgan fingerprint density at radius 2 is 2.42 bits per heavy atom. The van der Waals surface area contributed by atoms with Crippen LogP contribution in [0.5, 0.6) is 0 Å². The molecule has 0 bridgehead atoms. The van der Waals surface area contributed by atoms with E-state index in [1.54, 1.807) is 6.20 Å².